The fourth-order valence-electron chi connectivity index (χ4n) is 2.12. The molecule has 0 fully saturated rings. The average Bonchev–Trinajstić information content (AvgIpc) is 2.39. The Balaban J connectivity index is 2.85. The van der Waals surface area contributed by atoms with E-state index in [0.29, 0.717) is 0 Å². The minimum Gasteiger partial charge on any atom is -0.392 e. The van der Waals surface area contributed by atoms with E-state index in [4.69, 9.17) is 0 Å². The number of benzene rings is 1. The second kappa shape index (κ2) is 5.03. The summed E-state index contributed by atoms with van der Waals surface area (Å²) in [6.45, 7) is 1.10. The van der Waals surface area contributed by atoms with Crippen molar-refractivity contribution in [1.82, 2.24) is 9.13 Å². The molecule has 1 aromatic heterocycles. The van der Waals surface area contributed by atoms with E-state index in [2.05, 4.69) is 0 Å². The molecular formula is C13H13F3N2O3. The van der Waals surface area contributed by atoms with Crippen molar-refractivity contribution in [2.24, 2.45) is 7.05 Å². The normalized spacial score (nSPS) is 13.6. The summed E-state index contributed by atoms with van der Waals surface area (Å²) in [4.78, 5) is 24.2. The number of aliphatic hydroxyl groups excluding tert-OH is 1. The van der Waals surface area contributed by atoms with Crippen LogP contribution in [-0.4, -0.2) is 20.3 Å². The molecule has 1 heterocycles. The molecule has 114 valence electrons. The molecule has 0 saturated heterocycles. The third kappa shape index (κ3) is 2.71. The Bertz CT molecular complexity index is 803. The van der Waals surface area contributed by atoms with Crippen LogP contribution in [0.5, 0.6) is 0 Å². The molecule has 0 aliphatic heterocycles. The van der Waals surface area contributed by atoms with E-state index in [0.717, 1.165) is 27.3 Å². The van der Waals surface area contributed by atoms with Gasteiger partial charge in [0.25, 0.3) is 5.56 Å². The Morgan fingerprint density at radius 2 is 1.90 bits per heavy atom. The number of aromatic nitrogens is 2. The van der Waals surface area contributed by atoms with Gasteiger partial charge in [-0.05, 0) is 25.1 Å². The molecule has 8 heteroatoms. The molecule has 0 aliphatic rings. The van der Waals surface area contributed by atoms with Gasteiger partial charge in [0.05, 0.1) is 29.1 Å². The first-order valence-corrected chi connectivity index (χ1v) is 6.11. The summed E-state index contributed by atoms with van der Waals surface area (Å²) in [7, 11) is 1.36. The number of halogens is 3. The Morgan fingerprint density at radius 1 is 1.29 bits per heavy atom. The van der Waals surface area contributed by atoms with Gasteiger partial charge in [0, 0.05) is 7.05 Å². The fourth-order valence-corrected chi connectivity index (χ4v) is 2.12. The first kappa shape index (κ1) is 15.3. The molecule has 0 aliphatic carbocycles. The van der Waals surface area contributed by atoms with Gasteiger partial charge < -0.3 is 5.11 Å². The van der Waals surface area contributed by atoms with E-state index < -0.39 is 29.1 Å². The van der Waals surface area contributed by atoms with Crippen LogP contribution in [0.2, 0.25) is 0 Å². The van der Waals surface area contributed by atoms with Gasteiger partial charge in [-0.1, -0.05) is 0 Å². The lowest BCUT2D eigenvalue weighted by atomic mass is 10.1. The first-order chi connectivity index (χ1) is 9.62. The summed E-state index contributed by atoms with van der Waals surface area (Å²) >= 11 is 0. The zero-order valence-electron chi connectivity index (χ0n) is 11.3. The number of alkyl halides is 3. The summed E-state index contributed by atoms with van der Waals surface area (Å²) in [6.07, 6.45) is -5.55. The molecule has 1 N–H and O–H groups in total. The Kier molecular flexibility index (Phi) is 3.66. The van der Waals surface area contributed by atoms with E-state index >= 15 is 0 Å². The molecule has 0 spiro atoms. The third-order valence-electron chi connectivity index (χ3n) is 3.13. The molecule has 1 unspecified atom stereocenters. The maximum Gasteiger partial charge on any atom is 0.416 e. The van der Waals surface area contributed by atoms with Crippen LogP contribution in [0.25, 0.3) is 10.9 Å². The highest BCUT2D eigenvalue weighted by Gasteiger charge is 2.31. The van der Waals surface area contributed by atoms with Gasteiger partial charge in [-0.25, -0.2) is 4.79 Å². The van der Waals surface area contributed by atoms with Crippen LogP contribution in [0, 0.1) is 0 Å². The van der Waals surface area contributed by atoms with Crippen molar-refractivity contribution < 1.29 is 18.3 Å². The van der Waals surface area contributed by atoms with Crippen molar-refractivity contribution in [3.8, 4) is 0 Å². The van der Waals surface area contributed by atoms with Crippen molar-refractivity contribution in [3.05, 3.63) is 44.6 Å². The number of hydrogen-bond acceptors (Lipinski definition) is 3. The Hall–Kier alpha value is -2.09. The summed E-state index contributed by atoms with van der Waals surface area (Å²) < 4.78 is 40.0. The third-order valence-corrected chi connectivity index (χ3v) is 3.13. The van der Waals surface area contributed by atoms with Crippen LogP contribution in [0.15, 0.2) is 27.8 Å². The molecule has 0 bridgehead atoms. The highest BCUT2D eigenvalue weighted by Crippen LogP contribution is 2.30. The maximum atomic E-state index is 12.7. The number of aryl methyl sites for hydroxylation is 1. The molecule has 0 saturated carbocycles. The minimum absolute atomic E-state index is 0.111. The predicted molar refractivity (Wildman–Crippen MR) is 70.1 cm³/mol. The van der Waals surface area contributed by atoms with Crippen molar-refractivity contribution in [2.45, 2.75) is 25.7 Å². The molecule has 5 nitrogen and oxygen atoms in total. The highest BCUT2D eigenvalue weighted by atomic mass is 19.4. The smallest absolute Gasteiger partial charge is 0.392 e. The second-order valence-electron chi connectivity index (χ2n) is 4.84. The monoisotopic (exact) mass is 302 g/mol. The topological polar surface area (TPSA) is 64.2 Å². The van der Waals surface area contributed by atoms with E-state index in [-0.39, 0.29) is 17.4 Å². The zero-order valence-corrected chi connectivity index (χ0v) is 11.3. The molecule has 1 atom stereocenters. The fraction of sp³-hybridized carbons (Fsp3) is 0.385. The van der Waals surface area contributed by atoms with Crippen molar-refractivity contribution in [3.63, 3.8) is 0 Å². The van der Waals surface area contributed by atoms with Gasteiger partial charge in [-0.3, -0.25) is 13.9 Å². The van der Waals surface area contributed by atoms with Crippen LogP contribution >= 0.6 is 0 Å². The lowest BCUT2D eigenvalue weighted by molar-refractivity contribution is -0.137. The van der Waals surface area contributed by atoms with Gasteiger partial charge in [-0.2, -0.15) is 13.2 Å². The zero-order chi connectivity index (χ0) is 15.9. The number of aliphatic hydroxyl groups is 1. The van der Waals surface area contributed by atoms with Gasteiger partial charge in [0.15, 0.2) is 0 Å². The predicted octanol–water partition coefficient (Wildman–Crippen LogP) is 1.10. The average molecular weight is 302 g/mol. The minimum atomic E-state index is -4.58. The summed E-state index contributed by atoms with van der Waals surface area (Å²) in [6, 6.07) is 2.63. The van der Waals surface area contributed by atoms with Gasteiger partial charge in [-0.15, -0.1) is 0 Å². The Labute approximate surface area is 116 Å². The van der Waals surface area contributed by atoms with Crippen LogP contribution in [0.4, 0.5) is 13.2 Å². The summed E-state index contributed by atoms with van der Waals surface area (Å²) in [5.74, 6) is 0. The molecule has 2 rings (SSSR count). The van der Waals surface area contributed by atoms with Crippen LogP contribution in [0.3, 0.4) is 0 Å². The number of hydrogen-bond donors (Lipinski definition) is 1. The Morgan fingerprint density at radius 3 is 2.43 bits per heavy atom. The lowest BCUT2D eigenvalue weighted by Gasteiger charge is -2.13. The molecule has 2 aromatic rings. The molecule has 0 amide bonds. The SMILES string of the molecule is CC(O)Cn1c(=O)c2cc(C(F)(F)F)ccc2n(C)c1=O. The van der Waals surface area contributed by atoms with Crippen molar-refractivity contribution >= 4 is 10.9 Å². The molecule has 21 heavy (non-hydrogen) atoms. The summed E-state index contributed by atoms with van der Waals surface area (Å²) in [5.41, 5.74) is -2.39. The van der Waals surface area contributed by atoms with Crippen molar-refractivity contribution in [2.75, 3.05) is 0 Å². The lowest BCUT2D eigenvalue weighted by Crippen LogP contribution is -2.41. The second-order valence-corrected chi connectivity index (χ2v) is 4.84. The van der Waals surface area contributed by atoms with Gasteiger partial charge in [0.1, 0.15) is 0 Å². The molecule has 0 radical (unpaired) electrons. The van der Waals surface area contributed by atoms with Crippen LogP contribution in [0.1, 0.15) is 12.5 Å². The standard InChI is InChI=1S/C13H13F3N2O3/c1-7(19)6-18-11(20)9-5-8(13(14,15)16)3-4-10(9)17(2)12(18)21/h3-5,7,19H,6H2,1-2H3. The summed E-state index contributed by atoms with van der Waals surface area (Å²) in [5, 5.41) is 9.10. The van der Waals surface area contributed by atoms with Crippen LogP contribution in [-0.2, 0) is 19.8 Å². The number of fused-ring (bicyclic) bond motifs is 1. The van der Waals surface area contributed by atoms with E-state index in [1.165, 1.54) is 14.0 Å². The maximum absolute atomic E-state index is 12.7. The first-order valence-electron chi connectivity index (χ1n) is 6.11. The van der Waals surface area contributed by atoms with E-state index in [9.17, 15) is 27.9 Å². The van der Waals surface area contributed by atoms with E-state index in [1.54, 1.807) is 0 Å². The number of rotatable bonds is 2. The highest BCUT2D eigenvalue weighted by molar-refractivity contribution is 5.78. The van der Waals surface area contributed by atoms with Gasteiger partial charge >= 0.3 is 11.9 Å². The largest absolute Gasteiger partial charge is 0.416 e. The molecule has 1 aromatic carbocycles. The quantitative estimate of drug-likeness (QED) is 0.903. The van der Waals surface area contributed by atoms with Crippen LogP contribution < -0.4 is 11.2 Å². The van der Waals surface area contributed by atoms with Crippen molar-refractivity contribution in [1.29, 1.82) is 0 Å². The number of nitrogens with zero attached hydrogens (tertiary/aromatic N) is 2. The molecular weight excluding hydrogens is 289 g/mol. The van der Waals surface area contributed by atoms with Gasteiger partial charge in [0.2, 0.25) is 0 Å². The van der Waals surface area contributed by atoms with E-state index in [1.807, 2.05) is 0 Å².